The number of aromatic nitrogens is 2. The second-order valence-corrected chi connectivity index (χ2v) is 6.02. The fourth-order valence-corrected chi connectivity index (χ4v) is 2.90. The standard InChI is InChI=1S/C15H21IN4/c1-3-13-9-14(20(4-2)19-13)10-15(18-17)11-6-5-7-12(16)8-11/h5-9,15,18H,3-4,10,17H2,1-2H3. The SMILES string of the molecule is CCc1cc(CC(NN)c2cccc(I)c2)n(CC)n1. The number of rotatable bonds is 6. The first-order valence-corrected chi connectivity index (χ1v) is 8.03. The molecule has 1 heterocycles. The van der Waals surface area contributed by atoms with Gasteiger partial charge in [-0.3, -0.25) is 16.0 Å². The van der Waals surface area contributed by atoms with Crippen LogP contribution in [0.15, 0.2) is 30.3 Å². The van der Waals surface area contributed by atoms with Crippen LogP contribution < -0.4 is 11.3 Å². The lowest BCUT2D eigenvalue weighted by Crippen LogP contribution is -2.30. The van der Waals surface area contributed by atoms with Crippen LogP contribution in [0.1, 0.15) is 36.8 Å². The van der Waals surface area contributed by atoms with Gasteiger partial charge in [0.1, 0.15) is 0 Å². The van der Waals surface area contributed by atoms with Gasteiger partial charge in [0.2, 0.25) is 0 Å². The van der Waals surface area contributed by atoms with Gasteiger partial charge in [-0.05, 0) is 59.7 Å². The van der Waals surface area contributed by atoms with E-state index < -0.39 is 0 Å². The van der Waals surface area contributed by atoms with Crippen LogP contribution in [0.4, 0.5) is 0 Å². The van der Waals surface area contributed by atoms with Gasteiger partial charge < -0.3 is 0 Å². The second kappa shape index (κ2) is 7.19. The van der Waals surface area contributed by atoms with Gasteiger partial charge in [-0.15, -0.1) is 0 Å². The summed E-state index contributed by atoms with van der Waals surface area (Å²) in [5.74, 6) is 5.75. The molecule has 20 heavy (non-hydrogen) atoms. The third-order valence-corrected chi connectivity index (χ3v) is 4.11. The van der Waals surface area contributed by atoms with E-state index in [0.717, 1.165) is 25.1 Å². The van der Waals surface area contributed by atoms with Crippen LogP contribution in [0.5, 0.6) is 0 Å². The molecule has 4 nitrogen and oxygen atoms in total. The number of hydrogen-bond donors (Lipinski definition) is 2. The van der Waals surface area contributed by atoms with Crippen LogP contribution in [0.2, 0.25) is 0 Å². The maximum absolute atomic E-state index is 5.75. The van der Waals surface area contributed by atoms with Gasteiger partial charge in [-0.1, -0.05) is 19.1 Å². The number of halogens is 1. The Morgan fingerprint density at radius 3 is 2.75 bits per heavy atom. The summed E-state index contributed by atoms with van der Waals surface area (Å²) in [7, 11) is 0. The van der Waals surface area contributed by atoms with Crippen molar-refractivity contribution in [2.24, 2.45) is 5.84 Å². The molecule has 0 spiro atoms. The highest BCUT2D eigenvalue weighted by atomic mass is 127. The van der Waals surface area contributed by atoms with Gasteiger partial charge >= 0.3 is 0 Å². The van der Waals surface area contributed by atoms with Crippen molar-refractivity contribution in [1.29, 1.82) is 0 Å². The van der Waals surface area contributed by atoms with Gasteiger partial charge in [-0.2, -0.15) is 5.10 Å². The number of nitrogens with two attached hydrogens (primary N) is 1. The molecule has 1 unspecified atom stereocenters. The van der Waals surface area contributed by atoms with Crippen molar-refractivity contribution in [3.63, 3.8) is 0 Å². The number of nitrogens with one attached hydrogen (secondary N) is 1. The highest BCUT2D eigenvalue weighted by Crippen LogP contribution is 2.20. The lowest BCUT2D eigenvalue weighted by molar-refractivity contribution is 0.516. The molecular formula is C15H21IN4. The molecule has 2 aromatic rings. The third-order valence-electron chi connectivity index (χ3n) is 3.44. The topological polar surface area (TPSA) is 55.9 Å². The average molecular weight is 384 g/mol. The zero-order chi connectivity index (χ0) is 14.5. The Hall–Kier alpha value is -0.920. The summed E-state index contributed by atoms with van der Waals surface area (Å²) < 4.78 is 3.29. The Balaban J connectivity index is 2.24. The minimum absolute atomic E-state index is 0.108. The van der Waals surface area contributed by atoms with Crippen molar-refractivity contribution < 1.29 is 0 Å². The Morgan fingerprint density at radius 1 is 1.35 bits per heavy atom. The fraction of sp³-hybridized carbons (Fsp3) is 0.400. The minimum atomic E-state index is 0.108. The van der Waals surface area contributed by atoms with Gasteiger partial charge in [0.15, 0.2) is 0 Å². The average Bonchev–Trinajstić information content (AvgIpc) is 2.87. The number of aryl methyl sites for hydroxylation is 2. The molecule has 3 N–H and O–H groups in total. The molecule has 0 aliphatic carbocycles. The number of benzene rings is 1. The lowest BCUT2D eigenvalue weighted by atomic mass is 10.0. The van der Waals surface area contributed by atoms with Crippen molar-refractivity contribution in [2.45, 2.75) is 39.3 Å². The van der Waals surface area contributed by atoms with Crippen molar-refractivity contribution in [1.82, 2.24) is 15.2 Å². The van der Waals surface area contributed by atoms with Crippen LogP contribution in [0.3, 0.4) is 0 Å². The summed E-state index contributed by atoms with van der Waals surface area (Å²) in [6.07, 6.45) is 1.81. The van der Waals surface area contributed by atoms with E-state index in [1.165, 1.54) is 14.8 Å². The maximum Gasteiger partial charge on any atom is 0.0624 e. The van der Waals surface area contributed by atoms with Crippen molar-refractivity contribution in [3.8, 4) is 0 Å². The zero-order valence-corrected chi connectivity index (χ0v) is 14.1. The Kier molecular flexibility index (Phi) is 5.56. The summed E-state index contributed by atoms with van der Waals surface area (Å²) in [5.41, 5.74) is 6.50. The van der Waals surface area contributed by atoms with Crippen LogP contribution in [-0.2, 0) is 19.4 Å². The van der Waals surface area contributed by atoms with Gasteiger partial charge in [0.25, 0.3) is 0 Å². The Bertz CT molecular complexity index is 565. The maximum atomic E-state index is 5.75. The number of hydrazine groups is 1. The monoisotopic (exact) mass is 384 g/mol. The van der Waals surface area contributed by atoms with E-state index in [2.05, 4.69) is 82.0 Å². The summed E-state index contributed by atoms with van der Waals surface area (Å²) in [6.45, 7) is 5.13. The van der Waals surface area contributed by atoms with Gasteiger partial charge in [0.05, 0.1) is 11.7 Å². The number of hydrogen-bond acceptors (Lipinski definition) is 3. The first-order chi connectivity index (χ1) is 9.67. The van der Waals surface area contributed by atoms with E-state index in [-0.39, 0.29) is 6.04 Å². The number of nitrogens with zero attached hydrogens (tertiary/aromatic N) is 2. The molecule has 0 aliphatic heterocycles. The smallest absolute Gasteiger partial charge is 0.0624 e. The largest absolute Gasteiger partial charge is 0.271 e. The van der Waals surface area contributed by atoms with Gasteiger partial charge in [-0.25, -0.2) is 0 Å². The van der Waals surface area contributed by atoms with E-state index in [9.17, 15) is 0 Å². The van der Waals surface area contributed by atoms with E-state index in [1.807, 2.05) is 0 Å². The molecule has 0 bridgehead atoms. The molecule has 0 amide bonds. The Morgan fingerprint density at radius 2 is 2.15 bits per heavy atom. The summed E-state index contributed by atoms with van der Waals surface area (Å²) >= 11 is 2.32. The highest BCUT2D eigenvalue weighted by Gasteiger charge is 2.14. The zero-order valence-electron chi connectivity index (χ0n) is 11.9. The molecule has 0 saturated carbocycles. The molecule has 0 radical (unpaired) electrons. The first kappa shape index (κ1) is 15.5. The van der Waals surface area contributed by atoms with Gasteiger partial charge in [0, 0.05) is 22.2 Å². The molecule has 1 atom stereocenters. The van der Waals surface area contributed by atoms with E-state index in [0.29, 0.717) is 0 Å². The third kappa shape index (κ3) is 3.59. The molecule has 1 aromatic heterocycles. The molecule has 1 aromatic carbocycles. The second-order valence-electron chi connectivity index (χ2n) is 4.77. The van der Waals surface area contributed by atoms with Crippen molar-refractivity contribution in [3.05, 3.63) is 50.9 Å². The minimum Gasteiger partial charge on any atom is -0.271 e. The molecule has 0 saturated heterocycles. The molecule has 2 rings (SSSR count). The van der Waals surface area contributed by atoms with Crippen LogP contribution in [-0.4, -0.2) is 9.78 Å². The highest BCUT2D eigenvalue weighted by molar-refractivity contribution is 14.1. The fourth-order valence-electron chi connectivity index (χ4n) is 2.33. The summed E-state index contributed by atoms with van der Waals surface area (Å²) in [4.78, 5) is 0. The Labute approximate surface area is 133 Å². The molecule has 5 heteroatoms. The van der Waals surface area contributed by atoms with E-state index in [4.69, 9.17) is 5.84 Å². The van der Waals surface area contributed by atoms with Crippen LogP contribution in [0, 0.1) is 3.57 Å². The quantitative estimate of drug-likeness (QED) is 0.458. The molecule has 0 aliphatic rings. The van der Waals surface area contributed by atoms with Crippen molar-refractivity contribution in [2.75, 3.05) is 0 Å². The predicted octanol–water partition coefficient (Wildman–Crippen LogP) is 2.82. The van der Waals surface area contributed by atoms with Crippen molar-refractivity contribution >= 4 is 22.6 Å². The molecule has 0 fully saturated rings. The van der Waals surface area contributed by atoms with E-state index in [1.54, 1.807) is 0 Å². The summed E-state index contributed by atoms with van der Waals surface area (Å²) in [5, 5.41) is 4.59. The molecular weight excluding hydrogens is 363 g/mol. The first-order valence-electron chi connectivity index (χ1n) is 6.95. The van der Waals surface area contributed by atoms with Crippen LogP contribution in [0.25, 0.3) is 0 Å². The lowest BCUT2D eigenvalue weighted by Gasteiger charge is -2.17. The van der Waals surface area contributed by atoms with Crippen LogP contribution >= 0.6 is 22.6 Å². The van der Waals surface area contributed by atoms with E-state index >= 15 is 0 Å². The summed E-state index contributed by atoms with van der Waals surface area (Å²) in [6, 6.07) is 10.7. The normalized spacial score (nSPS) is 12.6. The predicted molar refractivity (Wildman–Crippen MR) is 90.2 cm³/mol. The molecule has 108 valence electrons.